The average molecular weight is 612 g/mol. The van der Waals surface area contributed by atoms with Gasteiger partial charge in [0.25, 0.3) is 5.56 Å². The zero-order valence-corrected chi connectivity index (χ0v) is 25.4. The summed E-state index contributed by atoms with van der Waals surface area (Å²) in [6.07, 6.45) is 3.15. The summed E-state index contributed by atoms with van der Waals surface area (Å²) >= 11 is 1.22. The van der Waals surface area contributed by atoms with Crippen LogP contribution in [-0.2, 0) is 16.8 Å². The van der Waals surface area contributed by atoms with Crippen molar-refractivity contribution >= 4 is 21.6 Å². The number of hydrogen-bond donors (Lipinski definition) is 3. The standard InChI is InChI=1S/C31H37N3O8S/c1-16-24-27(36)34(31(2,3)29(37)38)30(39)33(28(24)43-25(16)26-32-9-10-41-26)15-23(21-7-5-6-8-22(21)40-4)42-20-13-17-11-19(35)12-18(17)14-20/h5-10,17-20,23,29,35,37-38H,11-15H2,1-4H3/t17-,18?,19-,20+,23?/m0/s1. The monoisotopic (exact) mass is 611 g/mol. The van der Waals surface area contributed by atoms with Crippen LogP contribution in [0.5, 0.6) is 5.75 Å². The number of rotatable bonds is 9. The van der Waals surface area contributed by atoms with Gasteiger partial charge in [-0.3, -0.25) is 9.36 Å². The number of ether oxygens (including phenoxy) is 2. The molecular weight excluding hydrogens is 574 g/mol. The molecular formula is C31H37N3O8S. The predicted molar refractivity (Wildman–Crippen MR) is 160 cm³/mol. The van der Waals surface area contributed by atoms with Gasteiger partial charge >= 0.3 is 5.69 Å². The van der Waals surface area contributed by atoms with E-state index >= 15 is 0 Å². The van der Waals surface area contributed by atoms with Gasteiger partial charge in [0.15, 0.2) is 6.29 Å². The molecule has 3 aromatic heterocycles. The molecule has 0 radical (unpaired) electrons. The van der Waals surface area contributed by atoms with E-state index in [-0.39, 0.29) is 24.1 Å². The maximum Gasteiger partial charge on any atom is 0.332 e. The number of hydrogen-bond acceptors (Lipinski definition) is 10. The fraction of sp³-hybridized carbons (Fsp3) is 0.516. The maximum atomic E-state index is 14.3. The second kappa shape index (κ2) is 11.3. The molecule has 11 nitrogen and oxygen atoms in total. The Morgan fingerprint density at radius 3 is 2.47 bits per heavy atom. The van der Waals surface area contributed by atoms with Gasteiger partial charge < -0.3 is 29.2 Å². The molecule has 4 aromatic rings. The Morgan fingerprint density at radius 1 is 1.14 bits per heavy atom. The Labute approximate surface area is 252 Å². The van der Waals surface area contributed by atoms with E-state index in [1.54, 1.807) is 14.0 Å². The van der Waals surface area contributed by atoms with Gasteiger partial charge in [-0.05, 0) is 69.9 Å². The van der Waals surface area contributed by atoms with Crippen molar-refractivity contribution in [2.45, 2.75) is 83.1 Å². The Bertz CT molecular complexity index is 1720. The minimum Gasteiger partial charge on any atom is -0.496 e. The number of aromatic nitrogens is 3. The van der Waals surface area contributed by atoms with Crippen LogP contribution >= 0.6 is 11.3 Å². The third kappa shape index (κ3) is 5.14. The largest absolute Gasteiger partial charge is 0.496 e. The molecule has 2 unspecified atom stereocenters. The molecule has 5 atom stereocenters. The Balaban J connectivity index is 1.52. The smallest absolute Gasteiger partial charge is 0.332 e. The van der Waals surface area contributed by atoms with Crippen LogP contribution in [0.2, 0.25) is 0 Å². The van der Waals surface area contributed by atoms with Gasteiger partial charge in [0.05, 0.1) is 47.9 Å². The summed E-state index contributed by atoms with van der Waals surface area (Å²) in [5.74, 6) is 1.71. The van der Waals surface area contributed by atoms with Crippen LogP contribution in [-0.4, -0.2) is 55.0 Å². The van der Waals surface area contributed by atoms with E-state index in [4.69, 9.17) is 13.9 Å². The van der Waals surface area contributed by atoms with Crippen LogP contribution < -0.4 is 16.0 Å². The van der Waals surface area contributed by atoms with Crippen LogP contribution in [0.4, 0.5) is 0 Å². The summed E-state index contributed by atoms with van der Waals surface area (Å²) in [6.45, 7) is 4.68. The molecule has 3 heterocycles. The lowest BCUT2D eigenvalue weighted by Crippen LogP contribution is -2.54. The van der Waals surface area contributed by atoms with E-state index in [0.29, 0.717) is 38.7 Å². The molecule has 2 saturated carbocycles. The van der Waals surface area contributed by atoms with Crippen molar-refractivity contribution in [3.05, 3.63) is 68.7 Å². The minimum atomic E-state index is -1.98. The summed E-state index contributed by atoms with van der Waals surface area (Å²) in [7, 11) is 1.58. The lowest BCUT2D eigenvalue weighted by molar-refractivity contribution is -0.116. The van der Waals surface area contributed by atoms with Crippen molar-refractivity contribution in [3.63, 3.8) is 0 Å². The molecule has 3 N–H and O–H groups in total. The number of nitrogens with zero attached hydrogens (tertiary/aromatic N) is 3. The van der Waals surface area contributed by atoms with Crippen LogP contribution in [0.15, 0.2) is 50.7 Å². The van der Waals surface area contributed by atoms with Gasteiger partial charge in [0.2, 0.25) is 5.89 Å². The molecule has 43 heavy (non-hydrogen) atoms. The maximum absolute atomic E-state index is 14.3. The Kier molecular flexibility index (Phi) is 7.84. The first kappa shape index (κ1) is 29.8. The number of benzene rings is 1. The summed E-state index contributed by atoms with van der Waals surface area (Å²) in [6, 6.07) is 7.49. The number of para-hydroxylation sites is 1. The van der Waals surface area contributed by atoms with E-state index in [0.717, 1.165) is 35.8 Å². The quantitative estimate of drug-likeness (QED) is 0.242. The topological polar surface area (TPSA) is 149 Å². The average Bonchev–Trinajstić information content (AvgIpc) is 3.74. The first-order valence-electron chi connectivity index (χ1n) is 14.5. The van der Waals surface area contributed by atoms with Crippen molar-refractivity contribution in [3.8, 4) is 16.5 Å². The number of methoxy groups -OCH3 is 1. The highest BCUT2D eigenvalue weighted by atomic mass is 32.1. The highest BCUT2D eigenvalue weighted by molar-refractivity contribution is 7.22. The van der Waals surface area contributed by atoms with Gasteiger partial charge in [0.1, 0.15) is 22.9 Å². The highest BCUT2D eigenvalue weighted by Gasteiger charge is 2.43. The van der Waals surface area contributed by atoms with E-state index in [9.17, 15) is 24.9 Å². The fourth-order valence-corrected chi connectivity index (χ4v) is 8.10. The predicted octanol–water partition coefficient (Wildman–Crippen LogP) is 3.55. The minimum absolute atomic E-state index is 0.0347. The van der Waals surface area contributed by atoms with Gasteiger partial charge in [-0.1, -0.05) is 18.2 Å². The van der Waals surface area contributed by atoms with Crippen molar-refractivity contribution in [1.82, 2.24) is 14.1 Å². The molecule has 1 aromatic carbocycles. The van der Waals surface area contributed by atoms with Crippen molar-refractivity contribution < 1.29 is 29.2 Å². The number of oxazole rings is 1. The molecule has 0 spiro atoms. The third-order valence-electron chi connectivity index (χ3n) is 9.19. The number of fused-ring (bicyclic) bond motifs is 2. The Hall–Kier alpha value is -3.29. The number of aliphatic hydroxyl groups excluding tert-OH is 2. The van der Waals surface area contributed by atoms with Crippen LogP contribution in [0.3, 0.4) is 0 Å². The lowest BCUT2D eigenvalue weighted by Gasteiger charge is -2.30. The molecule has 6 rings (SSSR count). The van der Waals surface area contributed by atoms with Gasteiger partial charge in [-0.15, -0.1) is 11.3 Å². The highest BCUT2D eigenvalue weighted by Crippen LogP contribution is 2.47. The second-order valence-corrected chi connectivity index (χ2v) is 13.2. The molecule has 2 aliphatic carbocycles. The summed E-state index contributed by atoms with van der Waals surface area (Å²) in [4.78, 5) is 33.5. The second-order valence-electron chi connectivity index (χ2n) is 12.2. The fourth-order valence-electron chi connectivity index (χ4n) is 6.86. The zero-order chi connectivity index (χ0) is 30.6. The first-order valence-corrected chi connectivity index (χ1v) is 15.3. The molecule has 2 aliphatic rings. The van der Waals surface area contributed by atoms with Crippen LogP contribution in [0, 0.1) is 18.8 Å². The third-order valence-corrected chi connectivity index (χ3v) is 10.5. The molecule has 230 valence electrons. The van der Waals surface area contributed by atoms with E-state index in [1.165, 1.54) is 42.2 Å². The van der Waals surface area contributed by atoms with Gasteiger partial charge in [-0.25, -0.2) is 14.3 Å². The van der Waals surface area contributed by atoms with Gasteiger partial charge in [-0.2, -0.15) is 0 Å². The van der Waals surface area contributed by atoms with E-state index < -0.39 is 29.2 Å². The van der Waals surface area contributed by atoms with Crippen molar-refractivity contribution in [2.75, 3.05) is 7.11 Å². The summed E-state index contributed by atoms with van der Waals surface area (Å²) in [5, 5.41) is 30.9. The molecule has 0 saturated heterocycles. The van der Waals surface area contributed by atoms with Crippen molar-refractivity contribution in [2.24, 2.45) is 11.8 Å². The zero-order valence-electron chi connectivity index (χ0n) is 24.6. The molecule has 0 amide bonds. The molecule has 0 aliphatic heterocycles. The molecule has 0 bridgehead atoms. The van der Waals surface area contributed by atoms with Gasteiger partial charge in [0, 0.05) is 5.56 Å². The molecule has 2 fully saturated rings. The summed E-state index contributed by atoms with van der Waals surface area (Å²) < 4.78 is 20.5. The first-order chi connectivity index (χ1) is 20.5. The van der Waals surface area contributed by atoms with Crippen LogP contribution in [0.25, 0.3) is 21.0 Å². The lowest BCUT2D eigenvalue weighted by atomic mass is 10.0. The Morgan fingerprint density at radius 2 is 1.84 bits per heavy atom. The van der Waals surface area contributed by atoms with E-state index in [1.807, 2.05) is 24.3 Å². The number of aryl methyl sites for hydroxylation is 1. The van der Waals surface area contributed by atoms with Crippen molar-refractivity contribution in [1.29, 1.82) is 0 Å². The van der Waals surface area contributed by atoms with E-state index in [2.05, 4.69) is 4.98 Å². The molecule has 12 heteroatoms. The van der Waals surface area contributed by atoms with Crippen LogP contribution in [0.1, 0.15) is 56.8 Å². The summed E-state index contributed by atoms with van der Waals surface area (Å²) in [5.41, 5.74) is -1.62. The SMILES string of the molecule is COc1ccccc1C(Cn1c(=O)n(C(C)(C)C(O)O)c(=O)c2c(C)c(-c3ncco3)sc21)O[C@H]1CC2C[C@@H](O)C[C@H]2C1. The normalized spacial score (nSPS) is 22.9. The number of thiophene rings is 1. The number of aliphatic hydroxyl groups is 3.